The molecule has 5 fully saturated rings. The Labute approximate surface area is 358 Å². The van der Waals surface area contributed by atoms with Gasteiger partial charge in [0.25, 0.3) is 0 Å². The minimum Gasteiger partial charge on any atom is -0.346 e. The predicted molar refractivity (Wildman–Crippen MR) is 234 cm³/mol. The normalized spacial score (nSPS) is 29.0. The van der Waals surface area contributed by atoms with E-state index in [4.69, 9.17) is 0 Å². The number of likely N-dealkylation sites (N-methyl/N-ethyl adjacent to an activating group) is 2. The van der Waals surface area contributed by atoms with E-state index in [1.165, 1.54) is 0 Å². The van der Waals surface area contributed by atoms with Crippen LogP contribution in [0.25, 0.3) is 0 Å². The van der Waals surface area contributed by atoms with Gasteiger partial charge in [-0.05, 0) is 120 Å². The SMILES string of the molecule is CC[C@H](C1(C(=O)N[C@@H](Cc2ccccc2)c2nccs2)CC1)[C@]1(C)CCCN1C(=O)CC1(C(N(C)C(=O)[C@@H](NC(=O)C2(N(C)C)C(C)C2C)C(C)C)C2(CC)CC2)CC1. The highest BCUT2D eigenvalue weighted by Crippen LogP contribution is 2.67. The van der Waals surface area contributed by atoms with Crippen LogP contribution in [-0.2, 0) is 25.6 Å². The Morgan fingerprint density at radius 1 is 0.898 bits per heavy atom. The second-order valence-electron chi connectivity index (χ2n) is 20.3. The first-order chi connectivity index (χ1) is 28.0. The molecule has 2 N–H and O–H groups in total. The fraction of sp³-hybridized carbons (Fsp3) is 0.729. The van der Waals surface area contributed by atoms with Gasteiger partial charge in [-0.15, -0.1) is 11.3 Å². The van der Waals surface area contributed by atoms with E-state index in [0.29, 0.717) is 19.4 Å². The third kappa shape index (κ3) is 7.56. The number of nitrogens with zero attached hydrogens (tertiary/aromatic N) is 4. The number of hydrogen-bond acceptors (Lipinski definition) is 7. The number of hydrogen-bond donors (Lipinski definition) is 2. The summed E-state index contributed by atoms with van der Waals surface area (Å²) in [4.78, 5) is 69.2. The number of benzene rings is 1. The molecule has 5 aliphatic rings. The number of carbonyl (C=O) groups is 4. The molecular weight excluding hydrogens is 757 g/mol. The van der Waals surface area contributed by atoms with Gasteiger partial charge in [0.1, 0.15) is 16.6 Å². The molecule has 1 aliphatic heterocycles. The molecule has 324 valence electrons. The Kier molecular flexibility index (Phi) is 12.0. The Balaban J connectivity index is 1.09. The summed E-state index contributed by atoms with van der Waals surface area (Å²) in [5, 5.41) is 9.61. The van der Waals surface area contributed by atoms with Crippen LogP contribution in [0.2, 0.25) is 0 Å². The van der Waals surface area contributed by atoms with Crippen LogP contribution in [0.3, 0.4) is 0 Å². The minimum absolute atomic E-state index is 0.0218. The maximum Gasteiger partial charge on any atom is 0.245 e. The quantitative estimate of drug-likeness (QED) is 0.151. The highest BCUT2D eigenvalue weighted by Gasteiger charge is 2.68. The zero-order valence-electron chi connectivity index (χ0n) is 37.6. The van der Waals surface area contributed by atoms with E-state index in [1.807, 2.05) is 74.6 Å². The van der Waals surface area contributed by atoms with Gasteiger partial charge in [0.05, 0.1) is 11.5 Å². The van der Waals surface area contributed by atoms with Crippen LogP contribution in [0.1, 0.15) is 136 Å². The third-order valence-corrected chi connectivity index (χ3v) is 17.5. The van der Waals surface area contributed by atoms with E-state index in [2.05, 4.69) is 67.3 Å². The van der Waals surface area contributed by atoms with Gasteiger partial charge < -0.3 is 20.4 Å². The van der Waals surface area contributed by atoms with Crippen molar-refractivity contribution < 1.29 is 19.2 Å². The summed E-state index contributed by atoms with van der Waals surface area (Å²) in [6.07, 6.45) is 12.0. The van der Waals surface area contributed by atoms with Crippen molar-refractivity contribution in [3.63, 3.8) is 0 Å². The van der Waals surface area contributed by atoms with Crippen molar-refractivity contribution in [2.45, 2.75) is 155 Å². The molecule has 0 radical (unpaired) electrons. The fourth-order valence-corrected chi connectivity index (χ4v) is 13.4. The average Bonchev–Trinajstić information content (AvgIpc) is 4.17. The van der Waals surface area contributed by atoms with E-state index < -0.39 is 22.5 Å². The molecule has 11 heteroatoms. The lowest BCUT2D eigenvalue weighted by Crippen LogP contribution is -2.60. The van der Waals surface area contributed by atoms with Crippen LogP contribution in [0.4, 0.5) is 0 Å². The summed E-state index contributed by atoms with van der Waals surface area (Å²) in [6, 6.07) is 9.34. The molecule has 2 aromatic rings. The van der Waals surface area contributed by atoms with Gasteiger partial charge in [0.15, 0.2) is 0 Å². The number of amides is 4. The van der Waals surface area contributed by atoms with E-state index in [1.54, 1.807) is 11.3 Å². The monoisotopic (exact) mass is 829 g/mol. The van der Waals surface area contributed by atoms with Crippen molar-refractivity contribution in [3.05, 3.63) is 52.5 Å². The van der Waals surface area contributed by atoms with Gasteiger partial charge >= 0.3 is 0 Å². The maximum atomic E-state index is 15.0. The maximum absolute atomic E-state index is 15.0. The summed E-state index contributed by atoms with van der Waals surface area (Å²) >= 11 is 1.58. The van der Waals surface area contributed by atoms with E-state index in [0.717, 1.165) is 74.8 Å². The summed E-state index contributed by atoms with van der Waals surface area (Å²) in [5.74, 6) is 0.476. The Morgan fingerprint density at radius 2 is 1.54 bits per heavy atom. The molecule has 7 rings (SSSR count). The van der Waals surface area contributed by atoms with Crippen LogP contribution in [-0.4, -0.2) is 94.2 Å². The highest BCUT2D eigenvalue weighted by atomic mass is 32.1. The van der Waals surface area contributed by atoms with Crippen molar-refractivity contribution in [2.75, 3.05) is 27.7 Å². The lowest BCUT2D eigenvalue weighted by molar-refractivity contribution is -0.147. The molecule has 1 saturated heterocycles. The molecule has 4 aliphatic carbocycles. The molecule has 4 amide bonds. The van der Waals surface area contributed by atoms with Crippen molar-refractivity contribution in [3.8, 4) is 0 Å². The first-order valence-electron chi connectivity index (χ1n) is 22.8. The first-order valence-corrected chi connectivity index (χ1v) is 23.7. The predicted octanol–water partition coefficient (Wildman–Crippen LogP) is 7.65. The molecule has 59 heavy (non-hydrogen) atoms. The largest absolute Gasteiger partial charge is 0.346 e. The van der Waals surface area contributed by atoms with Gasteiger partial charge in [0, 0.05) is 48.6 Å². The first kappa shape index (κ1) is 43.8. The highest BCUT2D eigenvalue weighted by molar-refractivity contribution is 7.09. The fourth-order valence-electron chi connectivity index (χ4n) is 12.7. The smallest absolute Gasteiger partial charge is 0.245 e. The van der Waals surface area contributed by atoms with Gasteiger partial charge in [0.2, 0.25) is 23.6 Å². The van der Waals surface area contributed by atoms with E-state index >= 15 is 4.79 Å². The molecule has 1 aromatic carbocycles. The topological polar surface area (TPSA) is 115 Å². The molecule has 0 bridgehead atoms. The van der Waals surface area contributed by atoms with Gasteiger partial charge in [-0.3, -0.25) is 24.1 Å². The number of nitrogens with one attached hydrogen (secondary N) is 2. The van der Waals surface area contributed by atoms with Crippen molar-refractivity contribution in [1.29, 1.82) is 0 Å². The Hall–Kier alpha value is -3.31. The van der Waals surface area contributed by atoms with E-state index in [-0.39, 0.29) is 70.2 Å². The third-order valence-electron chi connectivity index (χ3n) is 16.6. The molecule has 1 aromatic heterocycles. The number of aromatic nitrogens is 1. The lowest BCUT2D eigenvalue weighted by Gasteiger charge is -2.47. The second kappa shape index (κ2) is 16.2. The average molecular weight is 829 g/mol. The van der Waals surface area contributed by atoms with Crippen LogP contribution >= 0.6 is 11.3 Å². The molecule has 0 spiro atoms. The van der Waals surface area contributed by atoms with Crippen molar-refractivity contribution in [2.24, 2.45) is 39.9 Å². The van der Waals surface area contributed by atoms with E-state index in [9.17, 15) is 14.4 Å². The molecule has 10 nitrogen and oxygen atoms in total. The Morgan fingerprint density at radius 3 is 2.03 bits per heavy atom. The minimum atomic E-state index is -0.651. The lowest BCUT2D eigenvalue weighted by atomic mass is 9.70. The summed E-state index contributed by atoms with van der Waals surface area (Å²) < 4.78 is 0. The van der Waals surface area contributed by atoms with Crippen LogP contribution in [0, 0.1) is 39.9 Å². The van der Waals surface area contributed by atoms with Crippen molar-refractivity contribution >= 4 is 35.0 Å². The summed E-state index contributed by atoms with van der Waals surface area (Å²) in [5.41, 5.74) is -0.755. The number of rotatable bonds is 19. The molecule has 4 saturated carbocycles. The molecular formula is C48H72N6O4S. The van der Waals surface area contributed by atoms with Crippen LogP contribution < -0.4 is 10.6 Å². The van der Waals surface area contributed by atoms with Gasteiger partial charge in [-0.1, -0.05) is 78.3 Å². The molecule has 3 unspecified atom stereocenters. The van der Waals surface area contributed by atoms with Gasteiger partial charge in [-0.2, -0.15) is 0 Å². The molecule has 2 heterocycles. The zero-order valence-corrected chi connectivity index (χ0v) is 38.4. The summed E-state index contributed by atoms with van der Waals surface area (Å²) in [7, 11) is 5.86. The molecule has 7 atom stereocenters. The second-order valence-corrected chi connectivity index (χ2v) is 21.2. The van der Waals surface area contributed by atoms with Crippen LogP contribution in [0.5, 0.6) is 0 Å². The number of likely N-dealkylation sites (tertiary alicyclic amines) is 1. The Bertz CT molecular complexity index is 1840. The standard InChI is InChI=1S/C48H72N6O4S/c1-11-36(47(24-25-47)42(57)50-35(39-49-26-28-59-39)29-34-17-14-13-15-18-34)44(7)19-16-27-54(44)37(55)30-46(22-23-46)41(45(12-2)20-21-45)53(10)40(56)38(31(3)4)51-43(58)48(52(8)9)32(5)33(48)6/h13-15,17-18,26,28,31-33,35-36,38,41H,11-12,16,19-25,27,29-30H2,1-10H3,(H,50,57)(H,51,58)/t32?,33?,35-,36-,38-,41?,44-,48?/m0/s1. The van der Waals surface area contributed by atoms with Gasteiger partial charge in [-0.25, -0.2) is 4.98 Å². The van der Waals surface area contributed by atoms with Crippen LogP contribution in [0.15, 0.2) is 41.9 Å². The number of thiazole rings is 1. The van der Waals surface area contributed by atoms with Crippen molar-refractivity contribution in [1.82, 2.24) is 30.3 Å². The summed E-state index contributed by atoms with van der Waals surface area (Å²) in [6.45, 7) is 15.6. The zero-order chi connectivity index (χ0) is 42.7. The number of carbonyl (C=O) groups excluding carboxylic acids is 4.